The number of carbonyl (C=O) groups is 1. The standard InChI is InChI=1S/C18H17BrN4O/c1-23-12-15(11-22-23)18-14(3-2-8-20-18)10-21-17(24)9-13-4-6-16(19)7-5-13/h2-8,11-12H,9-10H2,1H3,(H,21,24). The second-order valence-electron chi connectivity index (χ2n) is 5.49. The molecule has 122 valence electrons. The molecule has 0 bridgehead atoms. The average Bonchev–Trinajstić information content (AvgIpc) is 3.02. The molecule has 2 heterocycles. The van der Waals surface area contributed by atoms with Gasteiger partial charge in [-0.15, -0.1) is 0 Å². The minimum absolute atomic E-state index is 0.0155. The Morgan fingerprint density at radius 3 is 2.75 bits per heavy atom. The number of hydrogen-bond donors (Lipinski definition) is 1. The van der Waals surface area contributed by atoms with Gasteiger partial charge in [-0.1, -0.05) is 34.1 Å². The Hall–Kier alpha value is -2.47. The van der Waals surface area contributed by atoms with Crippen LogP contribution >= 0.6 is 15.9 Å². The zero-order valence-electron chi connectivity index (χ0n) is 13.2. The van der Waals surface area contributed by atoms with Crippen LogP contribution in [0.4, 0.5) is 0 Å². The first kappa shape index (κ1) is 16.4. The second-order valence-corrected chi connectivity index (χ2v) is 6.41. The zero-order chi connectivity index (χ0) is 16.9. The Morgan fingerprint density at radius 1 is 1.25 bits per heavy atom. The number of nitrogens with zero attached hydrogens (tertiary/aromatic N) is 3. The quantitative estimate of drug-likeness (QED) is 0.734. The van der Waals surface area contributed by atoms with Gasteiger partial charge in [0.15, 0.2) is 0 Å². The summed E-state index contributed by atoms with van der Waals surface area (Å²) in [6.45, 7) is 0.438. The fourth-order valence-corrected chi connectivity index (χ4v) is 2.69. The molecule has 1 N–H and O–H groups in total. The van der Waals surface area contributed by atoms with Gasteiger partial charge in [-0.25, -0.2) is 0 Å². The highest BCUT2D eigenvalue weighted by molar-refractivity contribution is 9.10. The molecule has 0 saturated carbocycles. The van der Waals surface area contributed by atoms with E-state index in [1.807, 2.05) is 49.6 Å². The van der Waals surface area contributed by atoms with Crippen LogP contribution in [-0.4, -0.2) is 20.7 Å². The number of rotatable bonds is 5. The van der Waals surface area contributed by atoms with Gasteiger partial charge in [0.1, 0.15) is 0 Å². The van der Waals surface area contributed by atoms with Crippen LogP contribution < -0.4 is 5.32 Å². The number of pyridine rings is 1. The number of carbonyl (C=O) groups excluding carboxylic acids is 1. The van der Waals surface area contributed by atoms with E-state index in [-0.39, 0.29) is 5.91 Å². The first-order valence-electron chi connectivity index (χ1n) is 7.56. The Balaban J connectivity index is 1.66. The summed E-state index contributed by atoms with van der Waals surface area (Å²) in [5.74, 6) is -0.0155. The number of halogens is 1. The van der Waals surface area contributed by atoms with Crippen LogP contribution in [-0.2, 0) is 24.8 Å². The number of aromatic nitrogens is 3. The van der Waals surface area contributed by atoms with E-state index in [4.69, 9.17) is 0 Å². The van der Waals surface area contributed by atoms with E-state index in [0.29, 0.717) is 13.0 Å². The van der Waals surface area contributed by atoms with Gasteiger partial charge in [0, 0.05) is 36.0 Å². The fraction of sp³-hybridized carbons (Fsp3) is 0.167. The van der Waals surface area contributed by atoms with Gasteiger partial charge >= 0.3 is 0 Å². The van der Waals surface area contributed by atoms with Gasteiger partial charge in [0.05, 0.1) is 18.3 Å². The summed E-state index contributed by atoms with van der Waals surface area (Å²) in [6.07, 6.45) is 5.79. The largest absolute Gasteiger partial charge is 0.352 e. The molecule has 0 aliphatic heterocycles. The highest BCUT2D eigenvalue weighted by Gasteiger charge is 2.10. The molecular weight excluding hydrogens is 368 g/mol. The van der Waals surface area contributed by atoms with Crippen molar-refractivity contribution in [1.29, 1.82) is 0 Å². The van der Waals surface area contributed by atoms with E-state index >= 15 is 0 Å². The predicted molar refractivity (Wildman–Crippen MR) is 96.1 cm³/mol. The third-order valence-corrected chi connectivity index (χ3v) is 4.15. The lowest BCUT2D eigenvalue weighted by Crippen LogP contribution is -2.24. The van der Waals surface area contributed by atoms with Crippen molar-refractivity contribution < 1.29 is 4.79 Å². The summed E-state index contributed by atoms with van der Waals surface area (Å²) in [6, 6.07) is 11.6. The minimum atomic E-state index is -0.0155. The minimum Gasteiger partial charge on any atom is -0.352 e. The molecule has 0 unspecified atom stereocenters. The van der Waals surface area contributed by atoms with Crippen molar-refractivity contribution in [2.75, 3.05) is 0 Å². The van der Waals surface area contributed by atoms with Crippen LogP contribution in [0, 0.1) is 0 Å². The molecule has 0 spiro atoms. The van der Waals surface area contributed by atoms with E-state index in [1.54, 1.807) is 17.1 Å². The molecule has 0 aliphatic rings. The van der Waals surface area contributed by atoms with Crippen molar-refractivity contribution in [3.8, 4) is 11.3 Å². The van der Waals surface area contributed by atoms with Gasteiger partial charge in [0.2, 0.25) is 5.91 Å². The molecule has 0 fully saturated rings. The molecule has 2 aromatic heterocycles. The lowest BCUT2D eigenvalue weighted by Gasteiger charge is -2.09. The highest BCUT2D eigenvalue weighted by atomic mass is 79.9. The topological polar surface area (TPSA) is 59.8 Å². The Kier molecular flexibility index (Phi) is 5.05. The first-order valence-corrected chi connectivity index (χ1v) is 8.35. The highest BCUT2D eigenvalue weighted by Crippen LogP contribution is 2.20. The summed E-state index contributed by atoms with van der Waals surface area (Å²) in [4.78, 5) is 16.6. The third-order valence-electron chi connectivity index (χ3n) is 3.62. The van der Waals surface area contributed by atoms with Crippen molar-refractivity contribution in [3.05, 3.63) is 70.6 Å². The molecule has 5 nitrogen and oxygen atoms in total. The smallest absolute Gasteiger partial charge is 0.224 e. The van der Waals surface area contributed by atoms with Crippen LogP contribution in [0.1, 0.15) is 11.1 Å². The normalized spacial score (nSPS) is 10.6. The molecule has 1 amide bonds. The summed E-state index contributed by atoms with van der Waals surface area (Å²) in [7, 11) is 1.87. The molecule has 6 heteroatoms. The Morgan fingerprint density at radius 2 is 2.04 bits per heavy atom. The third kappa shape index (κ3) is 4.08. The molecule has 24 heavy (non-hydrogen) atoms. The molecule has 1 aromatic carbocycles. The number of benzene rings is 1. The van der Waals surface area contributed by atoms with Crippen molar-refractivity contribution in [2.24, 2.45) is 7.05 Å². The van der Waals surface area contributed by atoms with Crippen LogP contribution in [0.5, 0.6) is 0 Å². The monoisotopic (exact) mass is 384 g/mol. The number of aryl methyl sites for hydroxylation is 1. The molecule has 0 aliphatic carbocycles. The Bertz CT molecular complexity index is 842. The number of amides is 1. The van der Waals surface area contributed by atoms with E-state index in [1.165, 1.54) is 0 Å². The van der Waals surface area contributed by atoms with E-state index in [9.17, 15) is 4.79 Å². The van der Waals surface area contributed by atoms with Gasteiger partial charge < -0.3 is 5.32 Å². The summed E-state index contributed by atoms with van der Waals surface area (Å²) < 4.78 is 2.74. The maximum atomic E-state index is 12.2. The molecular formula is C18H17BrN4O. The van der Waals surface area contributed by atoms with Crippen molar-refractivity contribution in [2.45, 2.75) is 13.0 Å². The van der Waals surface area contributed by atoms with E-state index in [0.717, 1.165) is 26.9 Å². The van der Waals surface area contributed by atoms with E-state index in [2.05, 4.69) is 31.3 Å². The Labute approximate surface area is 148 Å². The SMILES string of the molecule is Cn1cc(-c2ncccc2CNC(=O)Cc2ccc(Br)cc2)cn1. The lowest BCUT2D eigenvalue weighted by molar-refractivity contribution is -0.120. The fourth-order valence-electron chi connectivity index (χ4n) is 2.43. The number of nitrogens with one attached hydrogen (secondary N) is 1. The van der Waals surface area contributed by atoms with Crippen LogP contribution in [0.2, 0.25) is 0 Å². The predicted octanol–water partition coefficient (Wildman–Crippen LogP) is 3.10. The zero-order valence-corrected chi connectivity index (χ0v) is 14.8. The van der Waals surface area contributed by atoms with E-state index < -0.39 is 0 Å². The number of hydrogen-bond acceptors (Lipinski definition) is 3. The lowest BCUT2D eigenvalue weighted by atomic mass is 10.1. The van der Waals surface area contributed by atoms with Crippen molar-refractivity contribution in [1.82, 2.24) is 20.1 Å². The van der Waals surface area contributed by atoms with Gasteiger partial charge in [-0.3, -0.25) is 14.5 Å². The summed E-state index contributed by atoms with van der Waals surface area (Å²) >= 11 is 3.39. The summed E-state index contributed by atoms with van der Waals surface area (Å²) in [5.41, 5.74) is 3.73. The van der Waals surface area contributed by atoms with Crippen LogP contribution in [0.25, 0.3) is 11.3 Å². The second kappa shape index (κ2) is 7.40. The van der Waals surface area contributed by atoms with Gasteiger partial charge in [0.25, 0.3) is 0 Å². The molecule has 3 aromatic rings. The first-order chi connectivity index (χ1) is 11.6. The maximum absolute atomic E-state index is 12.2. The van der Waals surface area contributed by atoms with Crippen LogP contribution in [0.15, 0.2) is 59.5 Å². The molecule has 0 radical (unpaired) electrons. The molecule has 3 rings (SSSR count). The van der Waals surface area contributed by atoms with Gasteiger partial charge in [-0.2, -0.15) is 5.10 Å². The van der Waals surface area contributed by atoms with Crippen molar-refractivity contribution in [3.63, 3.8) is 0 Å². The summed E-state index contributed by atoms with van der Waals surface area (Å²) in [5, 5.41) is 7.14. The average molecular weight is 385 g/mol. The van der Waals surface area contributed by atoms with Crippen LogP contribution in [0.3, 0.4) is 0 Å². The van der Waals surface area contributed by atoms with Gasteiger partial charge in [-0.05, 0) is 29.3 Å². The van der Waals surface area contributed by atoms with Crippen molar-refractivity contribution >= 4 is 21.8 Å². The molecule has 0 saturated heterocycles. The maximum Gasteiger partial charge on any atom is 0.224 e. The molecule has 0 atom stereocenters.